The van der Waals surface area contributed by atoms with Gasteiger partial charge in [0.2, 0.25) is 5.91 Å². The van der Waals surface area contributed by atoms with Crippen LogP contribution in [0.15, 0.2) is 18.2 Å². The number of fused-ring (bicyclic) bond motifs is 1. The van der Waals surface area contributed by atoms with Gasteiger partial charge in [0.25, 0.3) is 5.91 Å². The molecule has 8 nitrogen and oxygen atoms in total. The molecule has 1 aliphatic rings. The lowest BCUT2D eigenvalue weighted by molar-refractivity contribution is -0.143. The van der Waals surface area contributed by atoms with Gasteiger partial charge in [-0.05, 0) is 30.2 Å². The fourth-order valence-corrected chi connectivity index (χ4v) is 2.41. The van der Waals surface area contributed by atoms with Gasteiger partial charge in [-0.2, -0.15) is 0 Å². The minimum atomic E-state index is -0.702. The van der Waals surface area contributed by atoms with Gasteiger partial charge in [0.15, 0.2) is 18.1 Å². The number of rotatable bonds is 8. The quantitative estimate of drug-likeness (QED) is 0.507. The van der Waals surface area contributed by atoms with E-state index in [1.165, 1.54) is 12.2 Å². The van der Waals surface area contributed by atoms with E-state index in [9.17, 15) is 14.4 Å². The molecule has 0 aliphatic carbocycles. The summed E-state index contributed by atoms with van der Waals surface area (Å²) in [5, 5.41) is 5.35. The predicted octanol–water partition coefficient (Wildman–Crippen LogP) is 1.31. The topological polar surface area (TPSA) is 103 Å². The normalized spacial score (nSPS) is 12.5. The molecule has 0 unspecified atom stereocenters. The van der Waals surface area contributed by atoms with Crippen LogP contribution in [0.3, 0.4) is 0 Å². The van der Waals surface area contributed by atoms with Crippen molar-refractivity contribution in [3.05, 3.63) is 28.8 Å². The molecule has 2 amide bonds. The van der Waals surface area contributed by atoms with E-state index < -0.39 is 18.5 Å². The molecule has 0 fully saturated rings. The monoisotopic (exact) mass is 396 g/mol. The number of hydrogen-bond acceptors (Lipinski definition) is 6. The standard InChI is InChI=1S/C18H21ClN2O6/c1-2-5-20-15(22)10-21-16(23)11-27-17(24)4-3-12-8-13(19)18-14(9-12)25-6-7-26-18/h3-4,8-9H,2,5-7,10-11H2,1H3,(H,20,22)(H,21,23)/b4-3+. The second kappa shape index (κ2) is 10.4. The molecule has 0 spiro atoms. The fourth-order valence-electron chi connectivity index (χ4n) is 2.13. The Labute approximate surface area is 161 Å². The molecule has 0 saturated heterocycles. The van der Waals surface area contributed by atoms with Crippen molar-refractivity contribution in [1.29, 1.82) is 0 Å². The molecule has 27 heavy (non-hydrogen) atoms. The molecule has 0 aromatic heterocycles. The molecule has 0 bridgehead atoms. The van der Waals surface area contributed by atoms with Crippen LogP contribution in [0.5, 0.6) is 11.5 Å². The highest BCUT2D eigenvalue weighted by Crippen LogP contribution is 2.38. The second-order valence-corrected chi connectivity index (χ2v) is 6.00. The summed E-state index contributed by atoms with van der Waals surface area (Å²) in [6, 6.07) is 3.31. The van der Waals surface area contributed by atoms with Crippen LogP contribution in [0.1, 0.15) is 18.9 Å². The molecular formula is C18H21ClN2O6. The lowest BCUT2D eigenvalue weighted by Gasteiger charge is -2.19. The number of halogens is 1. The van der Waals surface area contributed by atoms with Gasteiger partial charge in [-0.25, -0.2) is 4.79 Å². The first-order valence-corrected chi connectivity index (χ1v) is 8.84. The first-order chi connectivity index (χ1) is 13.0. The summed E-state index contributed by atoms with van der Waals surface area (Å²) in [6.07, 6.45) is 3.46. The average molecular weight is 397 g/mol. The van der Waals surface area contributed by atoms with E-state index in [-0.39, 0.29) is 12.5 Å². The van der Waals surface area contributed by atoms with Gasteiger partial charge in [0.05, 0.1) is 11.6 Å². The Balaban J connectivity index is 1.77. The van der Waals surface area contributed by atoms with Crippen LogP contribution in [0.4, 0.5) is 0 Å². The largest absolute Gasteiger partial charge is 0.486 e. The average Bonchev–Trinajstić information content (AvgIpc) is 2.67. The minimum Gasteiger partial charge on any atom is -0.486 e. The lowest BCUT2D eigenvalue weighted by Crippen LogP contribution is -2.38. The van der Waals surface area contributed by atoms with E-state index in [0.29, 0.717) is 41.8 Å². The maximum Gasteiger partial charge on any atom is 0.331 e. The van der Waals surface area contributed by atoms with Gasteiger partial charge >= 0.3 is 5.97 Å². The summed E-state index contributed by atoms with van der Waals surface area (Å²) in [6.45, 7) is 2.66. The van der Waals surface area contributed by atoms with Crippen molar-refractivity contribution in [3.8, 4) is 11.5 Å². The number of carbonyl (C=O) groups is 3. The van der Waals surface area contributed by atoms with Crippen molar-refractivity contribution < 1.29 is 28.6 Å². The maximum absolute atomic E-state index is 11.7. The zero-order valence-electron chi connectivity index (χ0n) is 14.9. The minimum absolute atomic E-state index is 0.165. The summed E-state index contributed by atoms with van der Waals surface area (Å²) in [4.78, 5) is 34.6. The first kappa shape index (κ1) is 20.6. The number of nitrogens with one attached hydrogen (secondary N) is 2. The Morgan fingerprint density at radius 2 is 1.96 bits per heavy atom. The van der Waals surface area contributed by atoms with Gasteiger partial charge < -0.3 is 24.8 Å². The fraction of sp³-hybridized carbons (Fsp3) is 0.389. The first-order valence-electron chi connectivity index (χ1n) is 8.47. The molecule has 1 aromatic rings. The molecule has 146 valence electrons. The van der Waals surface area contributed by atoms with Crippen molar-refractivity contribution in [2.45, 2.75) is 13.3 Å². The summed E-state index contributed by atoms with van der Waals surface area (Å²) >= 11 is 6.12. The van der Waals surface area contributed by atoms with Crippen molar-refractivity contribution in [3.63, 3.8) is 0 Å². The Morgan fingerprint density at radius 3 is 2.74 bits per heavy atom. The van der Waals surface area contributed by atoms with Gasteiger partial charge in [-0.1, -0.05) is 18.5 Å². The molecule has 1 aromatic carbocycles. The highest BCUT2D eigenvalue weighted by atomic mass is 35.5. The SMILES string of the molecule is CCCNC(=O)CNC(=O)COC(=O)/C=C/c1cc(Cl)c2c(c1)OCCO2. The van der Waals surface area contributed by atoms with Crippen LogP contribution < -0.4 is 20.1 Å². The van der Waals surface area contributed by atoms with E-state index in [2.05, 4.69) is 10.6 Å². The van der Waals surface area contributed by atoms with Crippen molar-refractivity contribution in [1.82, 2.24) is 10.6 Å². The molecule has 1 aliphatic heterocycles. The highest BCUT2D eigenvalue weighted by Gasteiger charge is 2.16. The Hall–Kier alpha value is -2.74. The molecule has 2 N–H and O–H groups in total. The third-order valence-electron chi connectivity index (χ3n) is 3.39. The zero-order chi connectivity index (χ0) is 19.6. The lowest BCUT2D eigenvalue weighted by atomic mass is 10.2. The molecule has 1 heterocycles. The number of esters is 1. The second-order valence-electron chi connectivity index (χ2n) is 5.59. The van der Waals surface area contributed by atoms with Gasteiger partial charge in [-0.3, -0.25) is 9.59 Å². The van der Waals surface area contributed by atoms with E-state index in [1.54, 1.807) is 12.1 Å². The smallest absolute Gasteiger partial charge is 0.331 e. The number of benzene rings is 1. The Bertz CT molecular complexity index is 735. The number of ether oxygens (including phenoxy) is 3. The molecule has 0 saturated carbocycles. The van der Waals surface area contributed by atoms with E-state index in [0.717, 1.165) is 6.42 Å². The van der Waals surface area contributed by atoms with Crippen LogP contribution in [0, 0.1) is 0 Å². The highest BCUT2D eigenvalue weighted by molar-refractivity contribution is 6.32. The van der Waals surface area contributed by atoms with Crippen molar-refractivity contribution in [2.24, 2.45) is 0 Å². The molecule has 0 atom stereocenters. The predicted molar refractivity (Wildman–Crippen MR) is 98.7 cm³/mol. The molecule has 0 radical (unpaired) electrons. The molecular weight excluding hydrogens is 376 g/mol. The van der Waals surface area contributed by atoms with Crippen LogP contribution >= 0.6 is 11.6 Å². The van der Waals surface area contributed by atoms with Gasteiger partial charge in [0, 0.05) is 12.6 Å². The van der Waals surface area contributed by atoms with E-state index >= 15 is 0 Å². The summed E-state index contributed by atoms with van der Waals surface area (Å²) in [7, 11) is 0. The number of amides is 2. The summed E-state index contributed by atoms with van der Waals surface area (Å²) in [5.41, 5.74) is 0.623. The third kappa shape index (κ3) is 6.82. The van der Waals surface area contributed by atoms with Gasteiger partial charge in [0.1, 0.15) is 13.2 Å². The number of hydrogen-bond donors (Lipinski definition) is 2. The number of carbonyl (C=O) groups excluding carboxylic acids is 3. The summed E-state index contributed by atoms with van der Waals surface area (Å²) < 4.78 is 15.7. The van der Waals surface area contributed by atoms with Crippen molar-refractivity contribution >= 4 is 35.5 Å². The van der Waals surface area contributed by atoms with E-state index in [1.807, 2.05) is 6.92 Å². The van der Waals surface area contributed by atoms with Gasteiger partial charge in [-0.15, -0.1) is 0 Å². The molecule has 9 heteroatoms. The third-order valence-corrected chi connectivity index (χ3v) is 3.68. The maximum atomic E-state index is 11.7. The van der Waals surface area contributed by atoms with Crippen molar-refractivity contribution in [2.75, 3.05) is 32.9 Å². The van der Waals surface area contributed by atoms with Crippen LogP contribution in [-0.4, -0.2) is 50.7 Å². The van der Waals surface area contributed by atoms with E-state index in [4.69, 9.17) is 25.8 Å². The molecule has 2 rings (SSSR count). The van der Waals surface area contributed by atoms with Crippen LogP contribution in [0.25, 0.3) is 6.08 Å². The van der Waals surface area contributed by atoms with Crippen LogP contribution in [0.2, 0.25) is 5.02 Å². The zero-order valence-corrected chi connectivity index (χ0v) is 15.6. The van der Waals surface area contributed by atoms with Crippen LogP contribution in [-0.2, 0) is 19.1 Å². The Kier molecular flexibility index (Phi) is 7.94. The summed E-state index contributed by atoms with van der Waals surface area (Å²) in [5.74, 6) is -0.589. The Morgan fingerprint density at radius 1 is 1.19 bits per heavy atom.